The number of anilines is 6. The maximum absolute atomic E-state index is 2.46. The molecule has 258 valence electrons. The predicted octanol–water partition coefficient (Wildman–Crippen LogP) is 15.6. The Kier molecular flexibility index (Phi) is 7.39. The molecule has 0 atom stereocenters. The molecule has 0 N–H and O–H groups in total. The van der Waals surface area contributed by atoms with Gasteiger partial charge in [0.2, 0.25) is 0 Å². The number of hydrogen-bond donors (Lipinski definition) is 0. The summed E-state index contributed by atoms with van der Waals surface area (Å²) in [6, 6.07) is 75.2. The lowest BCUT2D eigenvalue weighted by Gasteiger charge is -2.27. The highest BCUT2D eigenvalue weighted by Crippen LogP contribution is 2.53. The minimum absolute atomic E-state index is 1.12. The summed E-state index contributed by atoms with van der Waals surface area (Å²) in [6.07, 6.45) is 0. The molecule has 0 radical (unpaired) electrons. The van der Waals surface area contributed by atoms with Crippen LogP contribution in [0.15, 0.2) is 206 Å². The van der Waals surface area contributed by atoms with E-state index in [1.54, 1.807) is 0 Å². The SMILES string of the molecule is c1ccc(N(c2ccc3ccccc3c2)c2cc3ccccc3c3c2sc2c(N(c4ccccc4)c4ccc5ccccc5c4)cc4ccccc4c23)cc1. The summed E-state index contributed by atoms with van der Waals surface area (Å²) in [4.78, 5) is 4.91. The Morgan fingerprint density at radius 3 is 1.07 bits per heavy atom. The van der Waals surface area contributed by atoms with Gasteiger partial charge in [0.1, 0.15) is 0 Å². The summed E-state index contributed by atoms with van der Waals surface area (Å²) < 4.78 is 2.52. The standard InChI is InChI=1S/C52H34N2S/c1-3-21-41(22-4-1)53(43-29-27-35-15-7-9-17-37(35)31-43)47-33-39-19-11-13-25-45(39)49-50-46-26-14-12-20-40(46)34-48(52(50)55-51(47)49)54(42-23-5-2-6-24-42)44-30-28-36-16-8-10-18-38(36)32-44/h1-34H. The van der Waals surface area contributed by atoms with Crippen molar-refractivity contribution in [3.8, 4) is 0 Å². The summed E-state index contributed by atoms with van der Waals surface area (Å²) in [5.74, 6) is 0. The van der Waals surface area contributed by atoms with Crippen molar-refractivity contribution in [2.24, 2.45) is 0 Å². The van der Waals surface area contributed by atoms with Crippen molar-refractivity contribution in [3.63, 3.8) is 0 Å². The highest BCUT2D eigenvalue weighted by molar-refractivity contribution is 7.27. The lowest BCUT2D eigenvalue weighted by atomic mass is 9.97. The molecular formula is C52H34N2S. The van der Waals surface area contributed by atoms with Crippen LogP contribution in [-0.4, -0.2) is 0 Å². The topological polar surface area (TPSA) is 6.48 Å². The van der Waals surface area contributed by atoms with Gasteiger partial charge < -0.3 is 9.80 Å². The van der Waals surface area contributed by atoms with Crippen molar-refractivity contribution in [3.05, 3.63) is 206 Å². The van der Waals surface area contributed by atoms with E-state index >= 15 is 0 Å². The summed E-state index contributed by atoms with van der Waals surface area (Å²) in [5, 5.41) is 12.4. The van der Waals surface area contributed by atoms with Crippen LogP contribution in [0.5, 0.6) is 0 Å². The van der Waals surface area contributed by atoms with Crippen LogP contribution in [0, 0.1) is 0 Å². The zero-order valence-electron chi connectivity index (χ0n) is 29.9. The van der Waals surface area contributed by atoms with E-state index in [0.29, 0.717) is 0 Å². The van der Waals surface area contributed by atoms with Crippen LogP contribution in [0.25, 0.3) is 63.3 Å². The van der Waals surface area contributed by atoms with E-state index < -0.39 is 0 Å². The van der Waals surface area contributed by atoms with Crippen molar-refractivity contribution < 1.29 is 0 Å². The van der Waals surface area contributed by atoms with Crippen LogP contribution >= 0.6 is 11.3 Å². The molecule has 1 heterocycles. The normalized spacial score (nSPS) is 11.6. The predicted molar refractivity (Wildman–Crippen MR) is 239 cm³/mol. The molecule has 3 heteroatoms. The monoisotopic (exact) mass is 718 g/mol. The van der Waals surface area contributed by atoms with E-state index in [0.717, 1.165) is 22.7 Å². The highest BCUT2D eigenvalue weighted by Gasteiger charge is 2.25. The average molecular weight is 719 g/mol. The molecule has 0 spiro atoms. The van der Waals surface area contributed by atoms with Gasteiger partial charge >= 0.3 is 0 Å². The minimum Gasteiger partial charge on any atom is -0.309 e. The maximum atomic E-state index is 2.46. The molecule has 0 aliphatic carbocycles. The lowest BCUT2D eigenvalue weighted by molar-refractivity contribution is 1.31. The first-order valence-electron chi connectivity index (χ1n) is 18.8. The van der Waals surface area contributed by atoms with Gasteiger partial charge in [-0.1, -0.05) is 146 Å². The number of benzene rings is 10. The van der Waals surface area contributed by atoms with Gasteiger partial charge in [0.15, 0.2) is 0 Å². The minimum atomic E-state index is 1.12. The molecule has 1 aromatic heterocycles. The van der Waals surface area contributed by atoms with Gasteiger partial charge in [-0.05, 0) is 104 Å². The summed E-state index contributed by atoms with van der Waals surface area (Å²) >= 11 is 1.90. The Balaban J connectivity index is 1.28. The smallest absolute Gasteiger partial charge is 0.0646 e. The number of para-hydroxylation sites is 2. The third-order valence-electron chi connectivity index (χ3n) is 10.9. The molecule has 0 aliphatic rings. The van der Waals surface area contributed by atoms with Gasteiger partial charge in [-0.25, -0.2) is 0 Å². The lowest BCUT2D eigenvalue weighted by Crippen LogP contribution is -2.10. The molecule has 0 bridgehead atoms. The fourth-order valence-corrected chi connectivity index (χ4v) is 9.75. The fraction of sp³-hybridized carbons (Fsp3) is 0. The van der Waals surface area contributed by atoms with Crippen LogP contribution in [0.4, 0.5) is 34.1 Å². The van der Waals surface area contributed by atoms with E-state index in [2.05, 4.69) is 216 Å². The summed E-state index contributed by atoms with van der Waals surface area (Å²) in [5.41, 5.74) is 6.85. The molecule has 11 aromatic rings. The van der Waals surface area contributed by atoms with E-state index in [9.17, 15) is 0 Å². The zero-order valence-corrected chi connectivity index (χ0v) is 30.7. The van der Waals surface area contributed by atoms with Gasteiger partial charge in [0.25, 0.3) is 0 Å². The Bertz CT molecular complexity index is 3000. The second-order valence-electron chi connectivity index (χ2n) is 14.1. The fourth-order valence-electron chi connectivity index (χ4n) is 8.41. The van der Waals surface area contributed by atoms with Crippen molar-refractivity contribution in [2.45, 2.75) is 0 Å². The number of rotatable bonds is 6. The Labute approximate surface area is 323 Å². The second-order valence-corrected chi connectivity index (χ2v) is 15.2. The molecule has 0 aliphatic heterocycles. The van der Waals surface area contributed by atoms with Crippen LogP contribution in [0.1, 0.15) is 0 Å². The van der Waals surface area contributed by atoms with Gasteiger partial charge in [-0.2, -0.15) is 0 Å². The van der Waals surface area contributed by atoms with Gasteiger partial charge in [-0.15, -0.1) is 11.3 Å². The van der Waals surface area contributed by atoms with Crippen molar-refractivity contribution in [2.75, 3.05) is 9.80 Å². The number of thiophene rings is 1. The van der Waals surface area contributed by atoms with Crippen LogP contribution < -0.4 is 9.80 Å². The third-order valence-corrected chi connectivity index (χ3v) is 12.1. The van der Waals surface area contributed by atoms with Gasteiger partial charge in [0, 0.05) is 33.5 Å². The van der Waals surface area contributed by atoms with Gasteiger partial charge in [-0.3, -0.25) is 0 Å². The average Bonchev–Trinajstić information content (AvgIpc) is 3.67. The van der Waals surface area contributed by atoms with Crippen LogP contribution in [0.3, 0.4) is 0 Å². The molecule has 0 fully saturated rings. The summed E-state index contributed by atoms with van der Waals surface area (Å²) in [7, 11) is 0. The van der Waals surface area contributed by atoms with E-state index in [4.69, 9.17) is 0 Å². The Morgan fingerprint density at radius 2 is 0.636 bits per heavy atom. The number of nitrogens with zero attached hydrogens (tertiary/aromatic N) is 2. The molecule has 2 nitrogen and oxygen atoms in total. The molecule has 55 heavy (non-hydrogen) atoms. The third kappa shape index (κ3) is 5.24. The Hall–Kier alpha value is -6.94. The highest BCUT2D eigenvalue weighted by atomic mass is 32.1. The molecule has 0 unspecified atom stereocenters. The number of hydrogen-bond acceptors (Lipinski definition) is 3. The molecule has 0 amide bonds. The van der Waals surface area contributed by atoms with Crippen molar-refractivity contribution in [1.29, 1.82) is 0 Å². The van der Waals surface area contributed by atoms with E-state index in [1.807, 2.05) is 11.3 Å². The first-order chi connectivity index (χ1) is 27.3. The van der Waals surface area contributed by atoms with Crippen LogP contribution in [0.2, 0.25) is 0 Å². The van der Waals surface area contributed by atoms with Crippen molar-refractivity contribution in [1.82, 2.24) is 0 Å². The molecule has 0 saturated heterocycles. The zero-order chi connectivity index (χ0) is 36.3. The van der Waals surface area contributed by atoms with Gasteiger partial charge in [0.05, 0.1) is 20.8 Å². The molecule has 0 saturated carbocycles. The first-order valence-corrected chi connectivity index (χ1v) is 19.6. The number of fused-ring (bicyclic) bond motifs is 9. The molecular weight excluding hydrogens is 685 g/mol. The second kappa shape index (κ2) is 12.9. The molecule has 10 aromatic carbocycles. The largest absolute Gasteiger partial charge is 0.309 e. The van der Waals surface area contributed by atoms with Crippen molar-refractivity contribution >= 4 is 109 Å². The molecule has 11 rings (SSSR count). The maximum Gasteiger partial charge on any atom is 0.0646 e. The van der Waals surface area contributed by atoms with E-state index in [1.165, 1.54) is 74.6 Å². The van der Waals surface area contributed by atoms with Crippen LogP contribution in [-0.2, 0) is 0 Å². The quantitative estimate of drug-likeness (QED) is 0.169. The Morgan fingerprint density at radius 1 is 0.273 bits per heavy atom. The van der Waals surface area contributed by atoms with E-state index in [-0.39, 0.29) is 0 Å². The summed E-state index contributed by atoms with van der Waals surface area (Å²) in [6.45, 7) is 0. The first kappa shape index (κ1) is 31.6.